The molecule has 0 radical (unpaired) electrons. The minimum Gasteiger partial charge on any atom is -0.506 e. The van der Waals surface area contributed by atoms with Gasteiger partial charge in [0.2, 0.25) is 0 Å². The van der Waals surface area contributed by atoms with Crippen LogP contribution in [0.5, 0.6) is 11.5 Å². The van der Waals surface area contributed by atoms with Crippen molar-refractivity contribution in [2.45, 2.75) is 39.4 Å². The van der Waals surface area contributed by atoms with Gasteiger partial charge in [0.05, 0.1) is 17.7 Å². The second kappa shape index (κ2) is 7.14. The monoisotopic (exact) mass is 347 g/mol. The Kier molecular flexibility index (Phi) is 4.94. The lowest BCUT2D eigenvalue weighted by Crippen LogP contribution is -2.25. The minimum absolute atomic E-state index is 0.0157. The first-order valence-electron chi connectivity index (χ1n) is 8.18. The maximum atomic E-state index is 12.3. The molecule has 7 heteroatoms. The fourth-order valence-electron chi connectivity index (χ4n) is 2.94. The van der Waals surface area contributed by atoms with E-state index in [9.17, 15) is 9.90 Å². The number of aryl methyl sites for hydroxylation is 1. The highest BCUT2D eigenvalue weighted by atomic mass is 16.7. The Hall–Kier alpha value is -2.54. The van der Waals surface area contributed by atoms with Crippen molar-refractivity contribution in [1.29, 1.82) is 0 Å². The minimum atomic E-state index is -0.683. The summed E-state index contributed by atoms with van der Waals surface area (Å²) in [5, 5.41) is 14.6. The Morgan fingerprint density at radius 1 is 1.36 bits per heavy atom. The van der Waals surface area contributed by atoms with Crippen LogP contribution < -0.4 is 10.4 Å². The molecule has 0 saturated carbocycles. The lowest BCUT2D eigenvalue weighted by atomic mass is 10.1. The first kappa shape index (κ1) is 17.3. The molecule has 7 nitrogen and oxygen atoms in total. The van der Waals surface area contributed by atoms with Crippen LogP contribution in [0.25, 0.3) is 11.0 Å². The molecule has 1 atom stereocenters. The van der Waals surface area contributed by atoms with Crippen LogP contribution in [0.3, 0.4) is 0 Å². The fraction of sp³-hybridized carbons (Fsp3) is 0.444. The number of benzene rings is 1. The molecule has 1 aromatic heterocycles. The smallest absolute Gasteiger partial charge is 0.349 e. The Morgan fingerprint density at radius 2 is 2.16 bits per heavy atom. The van der Waals surface area contributed by atoms with Gasteiger partial charge in [-0.2, -0.15) is 0 Å². The second-order valence-corrected chi connectivity index (χ2v) is 5.95. The number of fused-ring (bicyclic) bond motifs is 1. The van der Waals surface area contributed by atoms with Crippen molar-refractivity contribution in [1.82, 2.24) is 0 Å². The summed E-state index contributed by atoms with van der Waals surface area (Å²) >= 11 is 0. The standard InChI is InChI=1S/C18H21NO6/c1-10-13(24-14-6-4-5-9-23-14)8-7-12-16(20)15(11(2)19-22-3)18(21)25-17(10)12/h7-8,14,20H,4-6,9H2,1-3H3. The Labute approximate surface area is 144 Å². The summed E-state index contributed by atoms with van der Waals surface area (Å²) in [6, 6.07) is 3.39. The number of aromatic hydroxyl groups is 1. The number of oxime groups is 1. The number of ether oxygens (including phenoxy) is 2. The predicted molar refractivity (Wildman–Crippen MR) is 92.3 cm³/mol. The van der Waals surface area contributed by atoms with E-state index >= 15 is 0 Å². The van der Waals surface area contributed by atoms with E-state index in [0.717, 1.165) is 19.3 Å². The van der Waals surface area contributed by atoms with E-state index < -0.39 is 5.63 Å². The molecule has 1 aliphatic rings. The van der Waals surface area contributed by atoms with Crippen LogP contribution in [0.15, 0.2) is 26.5 Å². The molecule has 134 valence electrons. The lowest BCUT2D eigenvalue weighted by Gasteiger charge is -2.24. The van der Waals surface area contributed by atoms with Gasteiger partial charge in [-0.25, -0.2) is 4.79 Å². The summed E-state index contributed by atoms with van der Waals surface area (Å²) in [4.78, 5) is 17.0. The van der Waals surface area contributed by atoms with Crippen LogP contribution in [0.2, 0.25) is 0 Å². The summed E-state index contributed by atoms with van der Waals surface area (Å²) in [6.45, 7) is 4.01. The van der Waals surface area contributed by atoms with Crippen molar-refractivity contribution in [2.24, 2.45) is 5.16 Å². The molecule has 2 aromatic rings. The summed E-state index contributed by atoms with van der Waals surface area (Å²) in [5.41, 5.74) is 0.455. The van der Waals surface area contributed by atoms with Gasteiger partial charge in [-0.15, -0.1) is 0 Å². The first-order chi connectivity index (χ1) is 12.0. The van der Waals surface area contributed by atoms with E-state index in [1.165, 1.54) is 7.11 Å². The average molecular weight is 347 g/mol. The van der Waals surface area contributed by atoms with Gasteiger partial charge in [0.25, 0.3) is 0 Å². The van der Waals surface area contributed by atoms with Crippen molar-refractivity contribution in [3.8, 4) is 11.5 Å². The van der Waals surface area contributed by atoms with E-state index in [0.29, 0.717) is 23.3 Å². The molecule has 0 spiro atoms. The molecule has 2 heterocycles. The van der Waals surface area contributed by atoms with Crippen molar-refractivity contribution in [3.63, 3.8) is 0 Å². The summed E-state index contributed by atoms with van der Waals surface area (Å²) in [6.07, 6.45) is 2.60. The lowest BCUT2D eigenvalue weighted by molar-refractivity contribution is -0.106. The number of hydrogen-bond donors (Lipinski definition) is 1. The van der Waals surface area contributed by atoms with Gasteiger partial charge >= 0.3 is 5.63 Å². The van der Waals surface area contributed by atoms with Crippen LogP contribution in [0, 0.1) is 6.92 Å². The molecule has 3 rings (SSSR count). The number of rotatable bonds is 4. The van der Waals surface area contributed by atoms with Gasteiger partial charge in [0.15, 0.2) is 6.29 Å². The normalized spacial score (nSPS) is 18.4. The average Bonchev–Trinajstić information content (AvgIpc) is 2.59. The predicted octanol–water partition coefficient (Wildman–Crippen LogP) is 3.08. The van der Waals surface area contributed by atoms with E-state index in [2.05, 4.69) is 9.99 Å². The van der Waals surface area contributed by atoms with Crippen LogP contribution in [-0.2, 0) is 9.57 Å². The molecule has 1 fully saturated rings. The molecule has 1 aromatic carbocycles. The molecule has 1 unspecified atom stereocenters. The zero-order valence-electron chi connectivity index (χ0n) is 14.5. The van der Waals surface area contributed by atoms with Gasteiger partial charge in [-0.05, 0) is 38.8 Å². The summed E-state index contributed by atoms with van der Waals surface area (Å²) in [5.74, 6) is 0.380. The van der Waals surface area contributed by atoms with Gasteiger partial charge < -0.3 is 23.8 Å². The molecule has 25 heavy (non-hydrogen) atoms. The van der Waals surface area contributed by atoms with Crippen LogP contribution >= 0.6 is 0 Å². The highest BCUT2D eigenvalue weighted by molar-refractivity contribution is 6.04. The second-order valence-electron chi connectivity index (χ2n) is 5.95. The van der Waals surface area contributed by atoms with E-state index in [1.54, 1.807) is 26.0 Å². The van der Waals surface area contributed by atoms with Crippen LogP contribution in [0.1, 0.15) is 37.3 Å². The van der Waals surface area contributed by atoms with Gasteiger partial charge in [-0.1, -0.05) is 5.16 Å². The number of nitrogens with zero attached hydrogens (tertiary/aromatic N) is 1. The fourth-order valence-corrected chi connectivity index (χ4v) is 2.94. The van der Waals surface area contributed by atoms with Gasteiger partial charge in [0, 0.05) is 12.0 Å². The van der Waals surface area contributed by atoms with Crippen molar-refractivity contribution in [3.05, 3.63) is 33.7 Å². The maximum Gasteiger partial charge on any atom is 0.349 e. The third-order valence-electron chi connectivity index (χ3n) is 4.23. The molecule has 1 aliphatic heterocycles. The molecule has 1 N–H and O–H groups in total. The molecule has 0 aliphatic carbocycles. The SMILES string of the molecule is CON=C(C)c1c(O)c2ccc(OC3CCCCO3)c(C)c2oc1=O. The van der Waals surface area contributed by atoms with Crippen LogP contribution in [-0.4, -0.2) is 30.8 Å². The van der Waals surface area contributed by atoms with Gasteiger partial charge in [0.1, 0.15) is 29.8 Å². The van der Waals surface area contributed by atoms with Crippen molar-refractivity contribution >= 4 is 16.7 Å². The van der Waals surface area contributed by atoms with E-state index in [4.69, 9.17) is 13.9 Å². The molecular formula is C18H21NO6. The summed E-state index contributed by atoms with van der Waals surface area (Å²) in [7, 11) is 1.37. The van der Waals surface area contributed by atoms with Crippen molar-refractivity contribution in [2.75, 3.05) is 13.7 Å². The zero-order valence-corrected chi connectivity index (χ0v) is 14.5. The quantitative estimate of drug-likeness (QED) is 0.519. The maximum absolute atomic E-state index is 12.3. The molecule has 0 bridgehead atoms. The zero-order chi connectivity index (χ0) is 18.0. The third kappa shape index (κ3) is 3.32. The number of hydrogen-bond acceptors (Lipinski definition) is 7. The summed E-state index contributed by atoms with van der Waals surface area (Å²) < 4.78 is 16.9. The Balaban J connectivity index is 2.06. The molecule has 1 saturated heterocycles. The largest absolute Gasteiger partial charge is 0.506 e. The highest BCUT2D eigenvalue weighted by Gasteiger charge is 2.21. The van der Waals surface area contributed by atoms with E-state index in [-0.39, 0.29) is 28.9 Å². The Bertz CT molecular complexity index is 864. The molecular weight excluding hydrogens is 326 g/mol. The van der Waals surface area contributed by atoms with Crippen LogP contribution in [0.4, 0.5) is 0 Å². The van der Waals surface area contributed by atoms with E-state index in [1.807, 2.05) is 0 Å². The van der Waals surface area contributed by atoms with Crippen molar-refractivity contribution < 1.29 is 23.8 Å². The highest BCUT2D eigenvalue weighted by Crippen LogP contribution is 2.34. The Morgan fingerprint density at radius 3 is 2.84 bits per heavy atom. The topological polar surface area (TPSA) is 90.5 Å². The third-order valence-corrected chi connectivity index (χ3v) is 4.23. The first-order valence-corrected chi connectivity index (χ1v) is 8.18. The van der Waals surface area contributed by atoms with Gasteiger partial charge in [-0.3, -0.25) is 0 Å². The molecule has 0 amide bonds.